The van der Waals surface area contributed by atoms with Gasteiger partial charge in [-0.2, -0.15) is 0 Å². The summed E-state index contributed by atoms with van der Waals surface area (Å²) in [6.45, 7) is 2.07. The molecule has 0 aliphatic rings. The van der Waals surface area contributed by atoms with Crippen LogP contribution in [0.25, 0.3) is 10.9 Å². The van der Waals surface area contributed by atoms with Gasteiger partial charge >= 0.3 is 0 Å². The second kappa shape index (κ2) is 4.97. The fourth-order valence-electron chi connectivity index (χ4n) is 2.54. The number of nitrogens with zero attached hydrogens (tertiary/aromatic N) is 1. The summed E-state index contributed by atoms with van der Waals surface area (Å²) in [5.41, 5.74) is 4.31. The van der Waals surface area contributed by atoms with Crippen LogP contribution in [0.3, 0.4) is 0 Å². The summed E-state index contributed by atoms with van der Waals surface area (Å²) < 4.78 is 1.73. The SMILES string of the molecule is Cc1ccc(Cc2cc3ccccc3n(C)c2=O)cc1. The minimum absolute atomic E-state index is 0.0873. The number of hydrogen-bond acceptors (Lipinski definition) is 1. The van der Waals surface area contributed by atoms with Gasteiger partial charge in [-0.15, -0.1) is 0 Å². The summed E-state index contributed by atoms with van der Waals surface area (Å²) >= 11 is 0. The van der Waals surface area contributed by atoms with Crippen LogP contribution in [0.1, 0.15) is 16.7 Å². The molecule has 1 heterocycles. The largest absolute Gasteiger partial charge is 0.311 e. The lowest BCUT2D eigenvalue weighted by Gasteiger charge is -2.09. The number of aryl methyl sites for hydroxylation is 2. The van der Waals surface area contributed by atoms with E-state index in [-0.39, 0.29) is 5.56 Å². The molecule has 1 aromatic heterocycles. The highest BCUT2D eigenvalue weighted by atomic mass is 16.1. The van der Waals surface area contributed by atoms with Crippen molar-refractivity contribution < 1.29 is 0 Å². The predicted molar refractivity (Wildman–Crippen MR) is 83.2 cm³/mol. The fourth-order valence-corrected chi connectivity index (χ4v) is 2.54. The van der Waals surface area contributed by atoms with Crippen LogP contribution in [0, 0.1) is 6.92 Å². The average Bonchev–Trinajstić information content (AvgIpc) is 2.47. The van der Waals surface area contributed by atoms with E-state index in [2.05, 4.69) is 31.2 Å². The summed E-state index contributed by atoms with van der Waals surface area (Å²) in [5.74, 6) is 0. The van der Waals surface area contributed by atoms with Crippen LogP contribution < -0.4 is 5.56 Å². The third-order valence-corrected chi connectivity index (χ3v) is 3.72. The molecule has 0 aliphatic heterocycles. The van der Waals surface area contributed by atoms with E-state index in [4.69, 9.17) is 0 Å². The molecule has 100 valence electrons. The molecule has 3 rings (SSSR count). The molecule has 3 aromatic rings. The molecule has 2 nitrogen and oxygen atoms in total. The van der Waals surface area contributed by atoms with Gasteiger partial charge in [-0.1, -0.05) is 48.0 Å². The number of rotatable bonds is 2. The van der Waals surface area contributed by atoms with Gasteiger partial charge in [0, 0.05) is 19.0 Å². The van der Waals surface area contributed by atoms with Crippen LogP contribution in [-0.4, -0.2) is 4.57 Å². The van der Waals surface area contributed by atoms with E-state index in [1.165, 1.54) is 11.1 Å². The van der Waals surface area contributed by atoms with E-state index in [9.17, 15) is 4.79 Å². The Bertz CT molecular complexity index is 813. The topological polar surface area (TPSA) is 22.0 Å². The monoisotopic (exact) mass is 263 g/mol. The minimum atomic E-state index is 0.0873. The molecule has 0 fully saturated rings. The number of pyridine rings is 1. The third kappa shape index (κ3) is 2.25. The number of para-hydroxylation sites is 1. The van der Waals surface area contributed by atoms with Crippen molar-refractivity contribution in [3.8, 4) is 0 Å². The lowest BCUT2D eigenvalue weighted by Crippen LogP contribution is -2.21. The summed E-state index contributed by atoms with van der Waals surface area (Å²) in [7, 11) is 1.84. The summed E-state index contributed by atoms with van der Waals surface area (Å²) in [6.07, 6.45) is 0.678. The number of benzene rings is 2. The molecule has 0 bridgehead atoms. The molecule has 2 heteroatoms. The zero-order valence-corrected chi connectivity index (χ0v) is 11.8. The zero-order chi connectivity index (χ0) is 14.1. The van der Waals surface area contributed by atoms with Gasteiger partial charge in [-0.25, -0.2) is 0 Å². The van der Waals surface area contributed by atoms with Crippen LogP contribution in [0.2, 0.25) is 0 Å². The maximum Gasteiger partial charge on any atom is 0.254 e. The first-order valence-corrected chi connectivity index (χ1v) is 6.78. The average molecular weight is 263 g/mol. The molecular formula is C18H17NO. The normalized spacial score (nSPS) is 10.9. The van der Waals surface area contributed by atoms with Gasteiger partial charge in [0.1, 0.15) is 0 Å². The Labute approximate surface area is 118 Å². The van der Waals surface area contributed by atoms with E-state index in [0.29, 0.717) is 6.42 Å². The van der Waals surface area contributed by atoms with Crippen LogP contribution in [0.15, 0.2) is 59.4 Å². The van der Waals surface area contributed by atoms with E-state index < -0.39 is 0 Å². The van der Waals surface area contributed by atoms with E-state index in [1.807, 2.05) is 37.4 Å². The maximum atomic E-state index is 12.4. The van der Waals surface area contributed by atoms with Gasteiger partial charge in [0.05, 0.1) is 5.52 Å². The third-order valence-electron chi connectivity index (χ3n) is 3.72. The van der Waals surface area contributed by atoms with Gasteiger partial charge in [-0.05, 0) is 30.0 Å². The molecule has 0 atom stereocenters. The Morgan fingerprint density at radius 2 is 1.70 bits per heavy atom. The molecule has 0 unspecified atom stereocenters. The van der Waals surface area contributed by atoms with Crippen LogP contribution in [-0.2, 0) is 13.5 Å². The van der Waals surface area contributed by atoms with E-state index in [0.717, 1.165) is 16.5 Å². The van der Waals surface area contributed by atoms with Crippen LogP contribution in [0.4, 0.5) is 0 Å². The molecule has 0 spiro atoms. The Balaban J connectivity index is 2.10. The summed E-state index contributed by atoms with van der Waals surface area (Å²) in [5, 5.41) is 1.11. The Kier molecular flexibility index (Phi) is 3.15. The number of aromatic nitrogens is 1. The lowest BCUT2D eigenvalue weighted by atomic mass is 10.0. The molecule has 0 radical (unpaired) electrons. The minimum Gasteiger partial charge on any atom is -0.311 e. The van der Waals surface area contributed by atoms with Gasteiger partial charge in [0.2, 0.25) is 0 Å². The highest BCUT2D eigenvalue weighted by Gasteiger charge is 2.07. The standard InChI is InChI=1S/C18H17NO/c1-13-7-9-14(10-8-13)11-16-12-15-5-3-4-6-17(15)19(2)18(16)20/h3-10,12H,11H2,1-2H3. The predicted octanol–water partition coefficient (Wildman–Crippen LogP) is 3.44. The first-order valence-electron chi connectivity index (χ1n) is 6.78. The highest BCUT2D eigenvalue weighted by Crippen LogP contribution is 2.15. The molecule has 20 heavy (non-hydrogen) atoms. The molecule has 0 amide bonds. The fraction of sp³-hybridized carbons (Fsp3) is 0.167. The van der Waals surface area contributed by atoms with Crippen molar-refractivity contribution in [2.75, 3.05) is 0 Å². The van der Waals surface area contributed by atoms with Crippen molar-refractivity contribution in [3.05, 3.63) is 81.6 Å². The van der Waals surface area contributed by atoms with Gasteiger partial charge in [0.15, 0.2) is 0 Å². The number of hydrogen-bond donors (Lipinski definition) is 0. The van der Waals surface area contributed by atoms with Crippen LogP contribution in [0.5, 0.6) is 0 Å². The second-order valence-corrected chi connectivity index (χ2v) is 5.25. The lowest BCUT2D eigenvalue weighted by molar-refractivity contribution is 0.882. The van der Waals surface area contributed by atoms with Crippen molar-refractivity contribution in [1.29, 1.82) is 0 Å². The molecular weight excluding hydrogens is 246 g/mol. The van der Waals surface area contributed by atoms with Gasteiger partial charge in [-0.3, -0.25) is 4.79 Å². The van der Waals surface area contributed by atoms with Crippen molar-refractivity contribution >= 4 is 10.9 Å². The molecule has 0 saturated carbocycles. The molecule has 0 aliphatic carbocycles. The Morgan fingerprint density at radius 1 is 1.00 bits per heavy atom. The quantitative estimate of drug-likeness (QED) is 0.694. The van der Waals surface area contributed by atoms with Gasteiger partial charge < -0.3 is 4.57 Å². The first-order chi connectivity index (χ1) is 9.65. The molecule has 0 saturated heterocycles. The Morgan fingerprint density at radius 3 is 2.45 bits per heavy atom. The van der Waals surface area contributed by atoms with Crippen LogP contribution >= 0.6 is 0 Å². The van der Waals surface area contributed by atoms with E-state index >= 15 is 0 Å². The number of fused-ring (bicyclic) bond motifs is 1. The second-order valence-electron chi connectivity index (χ2n) is 5.25. The first kappa shape index (κ1) is 12.7. The zero-order valence-electron chi connectivity index (χ0n) is 11.8. The highest BCUT2D eigenvalue weighted by molar-refractivity contribution is 5.79. The van der Waals surface area contributed by atoms with Crippen molar-refractivity contribution in [1.82, 2.24) is 4.57 Å². The van der Waals surface area contributed by atoms with Crippen molar-refractivity contribution in [2.24, 2.45) is 7.05 Å². The maximum absolute atomic E-state index is 12.4. The van der Waals surface area contributed by atoms with Gasteiger partial charge in [0.25, 0.3) is 5.56 Å². The van der Waals surface area contributed by atoms with Crippen molar-refractivity contribution in [2.45, 2.75) is 13.3 Å². The molecule has 0 N–H and O–H groups in total. The Hall–Kier alpha value is -2.35. The molecule has 2 aromatic carbocycles. The smallest absolute Gasteiger partial charge is 0.254 e. The van der Waals surface area contributed by atoms with Crippen molar-refractivity contribution in [3.63, 3.8) is 0 Å². The summed E-state index contributed by atoms with van der Waals surface area (Å²) in [6, 6.07) is 18.3. The summed E-state index contributed by atoms with van der Waals surface area (Å²) in [4.78, 5) is 12.4. The van der Waals surface area contributed by atoms with E-state index in [1.54, 1.807) is 4.57 Å².